The number of amides is 1. The third-order valence-electron chi connectivity index (χ3n) is 3.93. The SMILES string of the molecule is C=C(C)C1N(C2CCCCC2)C(=O)OC1(C)C. The van der Waals surface area contributed by atoms with Crippen molar-refractivity contribution in [3.05, 3.63) is 12.2 Å². The Labute approximate surface area is 104 Å². The fourth-order valence-corrected chi connectivity index (χ4v) is 3.32. The quantitative estimate of drug-likeness (QED) is 0.688. The number of hydrogen-bond acceptors (Lipinski definition) is 2. The number of cyclic esters (lactones) is 1. The number of carbonyl (C=O) groups excluding carboxylic acids is 1. The summed E-state index contributed by atoms with van der Waals surface area (Å²) < 4.78 is 5.51. The maximum absolute atomic E-state index is 12.1. The van der Waals surface area contributed by atoms with Gasteiger partial charge in [0, 0.05) is 6.04 Å². The van der Waals surface area contributed by atoms with Gasteiger partial charge in [-0.2, -0.15) is 0 Å². The first-order valence-electron chi connectivity index (χ1n) is 6.60. The standard InChI is InChI=1S/C14H23NO2/c1-10(2)12-14(3,4)17-13(16)15(12)11-8-6-5-7-9-11/h11-12H,1,5-9H2,2-4H3. The van der Waals surface area contributed by atoms with Crippen molar-refractivity contribution < 1.29 is 9.53 Å². The topological polar surface area (TPSA) is 29.5 Å². The lowest BCUT2D eigenvalue weighted by molar-refractivity contribution is 0.0746. The second-order valence-corrected chi connectivity index (χ2v) is 5.92. The largest absolute Gasteiger partial charge is 0.441 e. The predicted octanol–water partition coefficient (Wildman–Crippen LogP) is 3.49. The smallest absolute Gasteiger partial charge is 0.411 e. The second kappa shape index (κ2) is 4.35. The van der Waals surface area contributed by atoms with Crippen molar-refractivity contribution in [3.8, 4) is 0 Å². The van der Waals surface area contributed by atoms with Crippen molar-refractivity contribution in [2.75, 3.05) is 0 Å². The molecule has 0 bridgehead atoms. The highest BCUT2D eigenvalue weighted by atomic mass is 16.6. The van der Waals surface area contributed by atoms with Crippen molar-refractivity contribution in [1.29, 1.82) is 0 Å². The van der Waals surface area contributed by atoms with E-state index in [1.54, 1.807) is 0 Å². The molecule has 96 valence electrons. The summed E-state index contributed by atoms with van der Waals surface area (Å²) in [6.45, 7) is 9.99. The highest BCUT2D eigenvalue weighted by Gasteiger charge is 2.50. The molecule has 0 radical (unpaired) electrons. The van der Waals surface area contributed by atoms with E-state index in [1.165, 1.54) is 19.3 Å². The fourth-order valence-electron chi connectivity index (χ4n) is 3.32. The van der Waals surface area contributed by atoms with Gasteiger partial charge in [0.2, 0.25) is 0 Å². The molecular weight excluding hydrogens is 214 g/mol. The highest BCUT2D eigenvalue weighted by molar-refractivity contribution is 5.72. The van der Waals surface area contributed by atoms with Crippen molar-refractivity contribution in [2.45, 2.75) is 70.6 Å². The highest BCUT2D eigenvalue weighted by Crippen LogP contribution is 2.38. The molecule has 3 nitrogen and oxygen atoms in total. The Morgan fingerprint density at radius 2 is 1.94 bits per heavy atom. The molecule has 1 amide bonds. The summed E-state index contributed by atoms with van der Waals surface area (Å²) >= 11 is 0. The van der Waals surface area contributed by atoms with Crippen LogP contribution in [0.1, 0.15) is 52.9 Å². The summed E-state index contributed by atoms with van der Waals surface area (Å²) in [6.07, 6.45) is 5.79. The zero-order valence-corrected chi connectivity index (χ0v) is 11.2. The van der Waals surface area contributed by atoms with Crippen LogP contribution in [0.25, 0.3) is 0 Å². The van der Waals surface area contributed by atoms with Crippen molar-refractivity contribution in [2.24, 2.45) is 0 Å². The van der Waals surface area contributed by atoms with Crippen molar-refractivity contribution >= 4 is 6.09 Å². The van der Waals surface area contributed by atoms with Gasteiger partial charge in [0.1, 0.15) is 5.60 Å². The van der Waals surface area contributed by atoms with E-state index in [0.717, 1.165) is 18.4 Å². The Morgan fingerprint density at radius 3 is 2.47 bits per heavy atom. The van der Waals surface area contributed by atoms with Gasteiger partial charge in [0.25, 0.3) is 0 Å². The Morgan fingerprint density at radius 1 is 1.35 bits per heavy atom. The fraction of sp³-hybridized carbons (Fsp3) is 0.786. The molecule has 2 aliphatic rings. The van der Waals surface area contributed by atoms with Gasteiger partial charge in [-0.25, -0.2) is 4.79 Å². The first kappa shape index (κ1) is 12.5. The van der Waals surface area contributed by atoms with Crippen LogP contribution in [0.5, 0.6) is 0 Å². The Kier molecular flexibility index (Phi) is 3.19. The lowest BCUT2D eigenvalue weighted by Gasteiger charge is -2.36. The molecule has 1 atom stereocenters. The Balaban J connectivity index is 2.23. The predicted molar refractivity (Wildman–Crippen MR) is 67.9 cm³/mol. The molecule has 2 rings (SSSR count). The molecular formula is C14H23NO2. The summed E-state index contributed by atoms with van der Waals surface area (Å²) in [5.74, 6) is 0. The first-order chi connectivity index (χ1) is 7.93. The van der Waals surface area contributed by atoms with Crippen LogP contribution in [0.3, 0.4) is 0 Å². The van der Waals surface area contributed by atoms with Crippen molar-refractivity contribution in [3.63, 3.8) is 0 Å². The molecule has 0 N–H and O–H groups in total. The summed E-state index contributed by atoms with van der Waals surface area (Å²) in [4.78, 5) is 14.0. The zero-order valence-electron chi connectivity index (χ0n) is 11.2. The molecule has 17 heavy (non-hydrogen) atoms. The van der Waals surface area contributed by atoms with E-state index in [0.29, 0.717) is 6.04 Å². The molecule has 1 heterocycles. The average molecular weight is 237 g/mol. The number of hydrogen-bond donors (Lipinski definition) is 0. The summed E-state index contributed by atoms with van der Waals surface area (Å²) in [7, 11) is 0. The number of ether oxygens (including phenoxy) is 1. The van der Waals surface area contributed by atoms with Crippen LogP contribution < -0.4 is 0 Å². The Bertz CT molecular complexity index is 329. The molecule has 0 aromatic carbocycles. The summed E-state index contributed by atoms with van der Waals surface area (Å²) in [5, 5.41) is 0. The molecule has 1 saturated carbocycles. The van der Waals surface area contributed by atoms with E-state index >= 15 is 0 Å². The van der Waals surface area contributed by atoms with Gasteiger partial charge in [0.05, 0.1) is 6.04 Å². The van der Waals surface area contributed by atoms with Crippen LogP contribution in [0.15, 0.2) is 12.2 Å². The van der Waals surface area contributed by atoms with Gasteiger partial charge >= 0.3 is 6.09 Å². The van der Waals surface area contributed by atoms with Crippen LogP contribution in [0, 0.1) is 0 Å². The molecule has 1 saturated heterocycles. The van der Waals surface area contributed by atoms with Gasteiger partial charge < -0.3 is 4.74 Å². The number of carbonyl (C=O) groups is 1. The molecule has 0 aromatic heterocycles. The minimum Gasteiger partial charge on any atom is -0.441 e. The molecule has 1 aliphatic carbocycles. The molecule has 0 aromatic rings. The van der Waals surface area contributed by atoms with Crippen LogP contribution >= 0.6 is 0 Å². The molecule has 3 heteroatoms. The molecule has 2 fully saturated rings. The van der Waals surface area contributed by atoms with Gasteiger partial charge in [-0.15, -0.1) is 0 Å². The van der Waals surface area contributed by atoms with E-state index < -0.39 is 5.60 Å². The molecule has 1 unspecified atom stereocenters. The average Bonchev–Trinajstić information content (AvgIpc) is 2.49. The maximum atomic E-state index is 12.1. The van der Waals surface area contributed by atoms with Crippen LogP contribution in [-0.4, -0.2) is 28.7 Å². The number of nitrogens with zero attached hydrogens (tertiary/aromatic N) is 1. The van der Waals surface area contributed by atoms with Crippen LogP contribution in [0.2, 0.25) is 0 Å². The lowest BCUT2D eigenvalue weighted by atomic mass is 9.88. The maximum Gasteiger partial charge on any atom is 0.411 e. The van der Waals surface area contributed by atoms with E-state index in [-0.39, 0.29) is 12.1 Å². The monoisotopic (exact) mass is 237 g/mol. The van der Waals surface area contributed by atoms with E-state index in [2.05, 4.69) is 6.58 Å². The summed E-state index contributed by atoms with van der Waals surface area (Å²) in [6, 6.07) is 0.373. The second-order valence-electron chi connectivity index (χ2n) is 5.92. The third kappa shape index (κ3) is 2.20. The lowest BCUT2D eigenvalue weighted by Crippen LogP contribution is -2.48. The van der Waals surface area contributed by atoms with Crippen molar-refractivity contribution in [1.82, 2.24) is 4.90 Å². The van der Waals surface area contributed by atoms with E-state index in [9.17, 15) is 4.79 Å². The van der Waals surface area contributed by atoms with Crippen LogP contribution in [-0.2, 0) is 4.74 Å². The molecule has 0 spiro atoms. The van der Waals surface area contributed by atoms with E-state index in [1.807, 2.05) is 25.7 Å². The minimum atomic E-state index is -0.444. The van der Waals surface area contributed by atoms with Gasteiger partial charge in [-0.3, -0.25) is 4.90 Å². The number of rotatable bonds is 2. The zero-order chi connectivity index (χ0) is 12.6. The molecule has 1 aliphatic heterocycles. The third-order valence-corrected chi connectivity index (χ3v) is 3.93. The van der Waals surface area contributed by atoms with Gasteiger partial charge in [-0.05, 0) is 33.6 Å². The van der Waals surface area contributed by atoms with Crippen LogP contribution in [0.4, 0.5) is 4.79 Å². The van der Waals surface area contributed by atoms with E-state index in [4.69, 9.17) is 4.74 Å². The van der Waals surface area contributed by atoms with Gasteiger partial charge in [-0.1, -0.05) is 31.4 Å². The Hall–Kier alpha value is -0.990. The normalized spacial score (nSPS) is 29.2. The first-order valence-corrected chi connectivity index (χ1v) is 6.60. The minimum absolute atomic E-state index is 0.0260. The summed E-state index contributed by atoms with van der Waals surface area (Å²) in [5.41, 5.74) is 0.576. The van der Waals surface area contributed by atoms with Gasteiger partial charge in [0.15, 0.2) is 0 Å².